The molecule has 28 N–H and O–H groups in total. The summed E-state index contributed by atoms with van der Waals surface area (Å²) in [6.07, 6.45) is -4.44. The molecule has 0 saturated heterocycles. The van der Waals surface area contributed by atoms with Crippen LogP contribution in [0.25, 0.3) is 0 Å². The summed E-state index contributed by atoms with van der Waals surface area (Å²) in [5.74, 6) is -21.4. The Balaban J connectivity index is 0.000000508. The van der Waals surface area contributed by atoms with Crippen molar-refractivity contribution < 1.29 is 74.6 Å². The highest BCUT2D eigenvalue weighted by atomic mass is 35.5. The number of nitrogen functional groups attached to an aromatic ring is 12. The van der Waals surface area contributed by atoms with Crippen LogP contribution in [0.2, 0.25) is 50.2 Å². The van der Waals surface area contributed by atoms with Crippen molar-refractivity contribution in [1.82, 2.24) is 0 Å². The molecule has 14 nitrogen and oxygen atoms in total. The molecule has 0 aromatic heterocycles. The zero-order valence-electron chi connectivity index (χ0n) is 42.4. The Labute approximate surface area is 528 Å². The largest absolute Gasteiger partial charge is 0.418 e. The third-order valence-corrected chi connectivity index (χ3v) is 14.5. The second kappa shape index (κ2) is 32.3. The van der Waals surface area contributed by atoms with Crippen LogP contribution in [0.5, 0.6) is 0 Å². The number of nitrogens with two attached hydrogens (primary N) is 14. The van der Waals surface area contributed by atoms with E-state index in [-0.39, 0.29) is 74.3 Å². The van der Waals surface area contributed by atoms with Gasteiger partial charge in [0.05, 0.1) is 84.9 Å². The van der Waals surface area contributed by atoms with E-state index in [1.165, 1.54) is 6.07 Å². The third-order valence-electron chi connectivity index (χ3n) is 10.3. The molecular weight excluding hydrogens is 1430 g/mol. The molecule has 0 aliphatic carbocycles. The summed E-state index contributed by atoms with van der Waals surface area (Å²) in [5.41, 5.74) is 64.1. The van der Waals surface area contributed by atoms with Crippen LogP contribution in [-0.2, 0) is 19.3 Å². The van der Waals surface area contributed by atoms with E-state index in [1.54, 1.807) is 6.92 Å². The quantitative estimate of drug-likeness (QED) is 0.0331. The van der Waals surface area contributed by atoms with Gasteiger partial charge in [-0.3, -0.25) is 0 Å². The Hall–Kier alpha value is -6.23. The summed E-state index contributed by atoms with van der Waals surface area (Å²) in [5, 5.41) is -0.383. The minimum atomic E-state index is -4.44. The normalized spacial score (nSPS) is 10.6. The summed E-state index contributed by atoms with van der Waals surface area (Å²) in [7, 11) is 0. The average molecular weight is 1460 g/mol. The summed E-state index contributed by atoms with van der Waals surface area (Å²) in [6.45, 7) is 0.374. The number of hydrogen-bond donors (Lipinski definition) is 14. The summed E-state index contributed by atoms with van der Waals surface area (Å²) in [6, 6.07) is 2.07. The molecule has 7 aromatic rings. The van der Waals surface area contributed by atoms with Gasteiger partial charge in [0.15, 0.2) is 81.4 Å². The maximum atomic E-state index is 13.0. The van der Waals surface area contributed by atoms with E-state index in [9.17, 15) is 74.6 Å². The lowest BCUT2D eigenvalue weighted by atomic mass is 10.1. The van der Waals surface area contributed by atoms with Gasteiger partial charge in [-0.05, 0) is 24.6 Å². The lowest BCUT2D eigenvalue weighted by Crippen LogP contribution is -2.14. The van der Waals surface area contributed by atoms with E-state index in [2.05, 4.69) is 11.5 Å². The van der Waals surface area contributed by atoms with Crippen molar-refractivity contribution in [3.05, 3.63) is 166 Å². The molecule has 0 aliphatic rings. The van der Waals surface area contributed by atoms with Crippen molar-refractivity contribution in [2.24, 2.45) is 11.5 Å². The lowest BCUT2D eigenvalue weighted by Gasteiger charge is -2.11. The Bertz CT molecular complexity index is 2760. The maximum absolute atomic E-state index is 13.0. The molecule has 0 unspecified atom stereocenters. The minimum Gasteiger partial charge on any atom is -0.398 e. The molecule has 0 heterocycles. The molecule has 41 heteroatoms. The van der Waals surface area contributed by atoms with Crippen molar-refractivity contribution in [2.45, 2.75) is 26.2 Å². The summed E-state index contributed by atoms with van der Waals surface area (Å²) < 4.78 is 214. The second-order valence-electron chi connectivity index (χ2n) is 15.8. The number of benzene rings is 7. The number of alkyl halides is 3. The zero-order valence-corrected chi connectivity index (χ0v) is 49.9. The van der Waals surface area contributed by atoms with Crippen molar-refractivity contribution >= 4 is 184 Å². The van der Waals surface area contributed by atoms with Gasteiger partial charge < -0.3 is 80.3 Å². The molecule has 0 fully saturated rings. The van der Waals surface area contributed by atoms with Crippen LogP contribution in [0, 0.1) is 88.4 Å². The number of halogens is 27. The van der Waals surface area contributed by atoms with Gasteiger partial charge in [-0.25, -0.2) is 61.5 Å². The summed E-state index contributed by atoms with van der Waals surface area (Å²) >= 11 is 55.8. The Kier molecular flexibility index (Phi) is 29.3. The van der Waals surface area contributed by atoms with Crippen LogP contribution in [0.4, 0.5) is 143 Å². The molecule has 0 saturated carbocycles. The smallest absolute Gasteiger partial charge is 0.398 e. The Morgan fingerprint density at radius 3 is 0.793 bits per heavy atom. The van der Waals surface area contributed by atoms with Gasteiger partial charge in [0.25, 0.3) is 0 Å². The van der Waals surface area contributed by atoms with E-state index in [4.69, 9.17) is 185 Å². The third kappa shape index (κ3) is 18.0. The van der Waals surface area contributed by atoms with Gasteiger partial charge in [0.1, 0.15) is 27.8 Å². The van der Waals surface area contributed by atoms with Crippen LogP contribution in [-0.4, -0.2) is 0 Å². The highest BCUT2D eigenvalue weighted by Crippen LogP contribution is 2.46. The number of rotatable bonds is 2. The van der Waals surface area contributed by atoms with Gasteiger partial charge in [0.2, 0.25) is 0 Å². The first-order valence-corrected chi connectivity index (χ1v) is 25.3. The first-order chi connectivity index (χ1) is 39.7. The van der Waals surface area contributed by atoms with Crippen molar-refractivity contribution in [3.63, 3.8) is 0 Å². The van der Waals surface area contributed by atoms with E-state index in [0.717, 1.165) is 6.07 Å². The minimum absolute atomic E-state index is 0.0986. The number of hydrogen-bond acceptors (Lipinski definition) is 14. The molecule has 0 bridgehead atoms. The highest BCUT2D eigenvalue weighted by molar-refractivity contribution is 6.53. The fourth-order valence-corrected chi connectivity index (χ4v) is 7.58. The van der Waals surface area contributed by atoms with Crippen LogP contribution >= 0.6 is 116 Å². The van der Waals surface area contributed by atoms with Crippen molar-refractivity contribution in [3.8, 4) is 0 Å². The van der Waals surface area contributed by atoms with Gasteiger partial charge >= 0.3 is 6.18 Å². The predicted octanol–water partition coefficient (Wildman–Crippen LogP) is 15.5. The topological polar surface area (TPSA) is 364 Å². The average Bonchev–Trinajstić information content (AvgIpc) is 1.48. The standard InChI is InChI=1S/C8H8F4N2.C8H9F3N2.2C6H4Cl4N2.2C6H4ClF3N2.C6H4F4N2/c9-5-3(1-13)6(10)8(12)4(2-14)7(5)11;1-4-2-7(13)5(3-6(4)12)8(9,10)11;7-1-2(8)6(12)4(10)3(9)5(1)11;7-1-2(8)5(11)4(10)6(12)3(1)9;7-1-5(11)3(9)2(8)4(10)6(1)12;7-1-2(8)5(11)4(10)6(12)3(1)9;7-1-2(8)6(12)4(10)3(9)5(1)11/h1-2,13-14H2;2-3H,12-13H2,1H3;5*11-12H2. The monoisotopic (exact) mass is 1460 g/mol. The SMILES string of the molecule is Cc1cc(N)c(C(F)(F)F)cc1N.NCc1c(F)c(F)c(CN)c(F)c1F.Nc1c(Cl)c(Cl)c(N)c(Cl)c1Cl.Nc1c(Cl)c(N)c(Cl)c(Cl)c1Cl.Nc1c(F)c(F)c(F)c(N)c1Cl.Nc1c(F)c(F)c(N)c(F)c1F.Nc1c(F)c(N)c(F)c(Cl)c1F. The van der Waals surface area contributed by atoms with Crippen LogP contribution < -0.4 is 80.3 Å². The zero-order chi connectivity index (χ0) is 68.4. The molecule has 0 spiro atoms. The predicted molar refractivity (Wildman–Crippen MR) is 313 cm³/mol. The molecule has 0 radical (unpaired) electrons. The highest BCUT2D eigenvalue weighted by Gasteiger charge is 2.33. The van der Waals surface area contributed by atoms with Crippen LogP contribution in [0.15, 0.2) is 12.1 Å². The van der Waals surface area contributed by atoms with Crippen molar-refractivity contribution in [2.75, 3.05) is 68.8 Å². The first kappa shape index (κ1) is 78.8. The lowest BCUT2D eigenvalue weighted by molar-refractivity contribution is -0.136. The number of aryl methyl sites for hydroxylation is 1. The fraction of sp³-hybridized carbons (Fsp3) is 0.0870. The maximum Gasteiger partial charge on any atom is 0.418 e. The van der Waals surface area contributed by atoms with Gasteiger partial charge in [-0.15, -0.1) is 0 Å². The van der Waals surface area contributed by atoms with E-state index in [1.807, 2.05) is 0 Å². The molecule has 0 atom stereocenters. The molecule has 480 valence electrons. The Morgan fingerprint density at radius 2 is 0.517 bits per heavy atom. The molecule has 7 aromatic carbocycles. The van der Waals surface area contributed by atoms with Gasteiger partial charge in [-0.2, -0.15) is 13.2 Å². The molecule has 7 rings (SSSR count). The van der Waals surface area contributed by atoms with Crippen molar-refractivity contribution in [1.29, 1.82) is 0 Å². The van der Waals surface area contributed by atoms with Crippen LogP contribution in [0.1, 0.15) is 22.3 Å². The fourth-order valence-electron chi connectivity index (χ4n) is 5.42. The summed E-state index contributed by atoms with van der Waals surface area (Å²) in [4.78, 5) is 0. The van der Waals surface area contributed by atoms with Crippen LogP contribution in [0.3, 0.4) is 0 Å². The van der Waals surface area contributed by atoms with E-state index in [0.29, 0.717) is 5.56 Å². The van der Waals surface area contributed by atoms with E-state index >= 15 is 0 Å². The van der Waals surface area contributed by atoms with Gasteiger partial charge in [-0.1, -0.05) is 116 Å². The Morgan fingerprint density at radius 1 is 0.276 bits per heavy atom. The van der Waals surface area contributed by atoms with E-state index < -0.39 is 162 Å². The molecular formula is C46H37Cl10F17N14. The first-order valence-electron chi connectivity index (χ1n) is 21.5. The van der Waals surface area contributed by atoms with Gasteiger partial charge in [0, 0.05) is 35.6 Å². The molecule has 87 heavy (non-hydrogen) atoms. The molecule has 0 aliphatic heterocycles. The number of anilines is 12. The molecule has 0 amide bonds. The second-order valence-corrected chi connectivity index (χ2v) is 19.6.